The van der Waals surface area contributed by atoms with Crippen molar-refractivity contribution >= 4 is 39.2 Å². The van der Waals surface area contributed by atoms with Crippen LogP contribution in [0.4, 0.5) is 0 Å². The second-order valence-corrected chi connectivity index (χ2v) is 5.95. The van der Waals surface area contributed by atoms with Crippen LogP contribution in [0.2, 0.25) is 5.15 Å². The maximum Gasteiger partial charge on any atom is 0.340 e. The van der Waals surface area contributed by atoms with E-state index >= 15 is 0 Å². The van der Waals surface area contributed by atoms with E-state index in [4.69, 9.17) is 16.3 Å². The molecule has 2 aromatic carbocycles. The third-order valence-electron chi connectivity index (χ3n) is 3.99. The number of hydrogen-bond acceptors (Lipinski definition) is 4. The smallest absolute Gasteiger partial charge is 0.340 e. The number of benzene rings is 2. The van der Waals surface area contributed by atoms with E-state index in [0.29, 0.717) is 10.7 Å². The summed E-state index contributed by atoms with van der Waals surface area (Å²) in [7, 11) is 0. The summed E-state index contributed by atoms with van der Waals surface area (Å²) in [4.78, 5) is 20.8. The summed E-state index contributed by atoms with van der Waals surface area (Å²) in [6.45, 7) is 0.0901. The van der Waals surface area contributed by atoms with Crippen LogP contribution in [0.3, 0.4) is 0 Å². The molecule has 0 unspecified atom stereocenters. The molecule has 0 radical (unpaired) electrons. The molecular weight excluding hydrogens is 336 g/mol. The number of aromatic nitrogens is 2. The van der Waals surface area contributed by atoms with Crippen molar-refractivity contribution in [2.45, 2.75) is 6.61 Å². The Kier molecular flexibility index (Phi) is 4.04. The molecule has 0 amide bonds. The molecule has 4 rings (SSSR count). The van der Waals surface area contributed by atoms with E-state index in [1.54, 1.807) is 12.1 Å². The summed E-state index contributed by atoms with van der Waals surface area (Å²) in [5.41, 5.74) is 1.96. The molecule has 2 heterocycles. The highest BCUT2D eigenvalue weighted by atomic mass is 35.5. The monoisotopic (exact) mass is 348 g/mol. The SMILES string of the molecule is O=C(OCc1nc2ccccc2c2ccccc12)c1ccc(Cl)nc1. The van der Waals surface area contributed by atoms with Gasteiger partial charge in [-0.25, -0.2) is 14.8 Å². The minimum atomic E-state index is -0.455. The number of hydrogen-bond donors (Lipinski definition) is 0. The van der Waals surface area contributed by atoms with Crippen molar-refractivity contribution < 1.29 is 9.53 Å². The Morgan fingerprint density at radius 1 is 0.920 bits per heavy atom. The summed E-state index contributed by atoms with van der Waals surface area (Å²) < 4.78 is 5.43. The lowest BCUT2D eigenvalue weighted by molar-refractivity contribution is 0.0469. The standard InChI is InChI=1S/C20H13ClN2O2/c21-19-10-9-13(11-22-19)20(24)25-12-18-16-7-2-1-5-14(16)15-6-3-4-8-17(15)23-18/h1-11H,12H2. The van der Waals surface area contributed by atoms with Crippen molar-refractivity contribution in [3.63, 3.8) is 0 Å². The topological polar surface area (TPSA) is 52.1 Å². The highest BCUT2D eigenvalue weighted by molar-refractivity contribution is 6.29. The number of rotatable bonds is 3. The molecule has 0 bridgehead atoms. The molecule has 0 spiro atoms. The Morgan fingerprint density at radius 2 is 1.64 bits per heavy atom. The van der Waals surface area contributed by atoms with Gasteiger partial charge in [0.1, 0.15) is 11.8 Å². The van der Waals surface area contributed by atoms with Crippen molar-refractivity contribution in [3.8, 4) is 0 Å². The van der Waals surface area contributed by atoms with E-state index in [1.165, 1.54) is 6.20 Å². The fourth-order valence-corrected chi connectivity index (χ4v) is 2.91. The van der Waals surface area contributed by atoms with Gasteiger partial charge in [0, 0.05) is 17.0 Å². The summed E-state index contributed by atoms with van der Waals surface area (Å²) in [6, 6.07) is 19.1. The van der Waals surface area contributed by atoms with Gasteiger partial charge < -0.3 is 4.74 Å². The van der Waals surface area contributed by atoms with Crippen LogP contribution in [-0.2, 0) is 11.3 Å². The van der Waals surface area contributed by atoms with Crippen molar-refractivity contribution in [3.05, 3.63) is 83.3 Å². The molecule has 0 saturated heterocycles. The van der Waals surface area contributed by atoms with Crippen LogP contribution in [0.15, 0.2) is 66.9 Å². The fraction of sp³-hybridized carbons (Fsp3) is 0.0500. The Bertz CT molecular complexity index is 1080. The molecule has 0 aliphatic carbocycles. The average molecular weight is 349 g/mol. The first kappa shape index (κ1) is 15.5. The first-order chi connectivity index (χ1) is 12.2. The lowest BCUT2D eigenvalue weighted by Gasteiger charge is -2.10. The van der Waals surface area contributed by atoms with E-state index in [9.17, 15) is 4.79 Å². The number of nitrogens with zero attached hydrogens (tertiary/aromatic N) is 2. The second-order valence-electron chi connectivity index (χ2n) is 5.57. The fourth-order valence-electron chi connectivity index (χ4n) is 2.80. The highest BCUT2D eigenvalue weighted by Gasteiger charge is 2.12. The normalized spacial score (nSPS) is 10.9. The number of carbonyl (C=O) groups excluding carboxylic acids is 1. The quantitative estimate of drug-likeness (QED) is 0.303. The van der Waals surface area contributed by atoms with E-state index in [0.717, 1.165) is 27.4 Å². The van der Waals surface area contributed by atoms with Gasteiger partial charge in [0.05, 0.1) is 16.8 Å². The molecule has 4 nitrogen and oxygen atoms in total. The van der Waals surface area contributed by atoms with Crippen LogP contribution >= 0.6 is 11.6 Å². The van der Waals surface area contributed by atoms with E-state index in [2.05, 4.69) is 9.97 Å². The molecule has 0 atom stereocenters. The number of para-hydroxylation sites is 1. The molecule has 122 valence electrons. The number of fused-ring (bicyclic) bond motifs is 3. The third-order valence-corrected chi connectivity index (χ3v) is 4.21. The van der Waals surface area contributed by atoms with Crippen LogP contribution in [0, 0.1) is 0 Å². The number of pyridine rings is 2. The number of ether oxygens (including phenoxy) is 1. The largest absolute Gasteiger partial charge is 0.456 e. The lowest BCUT2D eigenvalue weighted by atomic mass is 10.0. The van der Waals surface area contributed by atoms with Crippen molar-refractivity contribution in [2.24, 2.45) is 0 Å². The number of carbonyl (C=O) groups is 1. The van der Waals surface area contributed by atoms with Gasteiger partial charge in [0.25, 0.3) is 0 Å². The van der Waals surface area contributed by atoms with Crippen LogP contribution in [0.1, 0.15) is 16.1 Å². The zero-order valence-electron chi connectivity index (χ0n) is 13.1. The average Bonchev–Trinajstić information content (AvgIpc) is 2.66. The maximum absolute atomic E-state index is 12.2. The maximum atomic E-state index is 12.2. The highest BCUT2D eigenvalue weighted by Crippen LogP contribution is 2.26. The van der Waals surface area contributed by atoms with Gasteiger partial charge in [0.2, 0.25) is 0 Å². The van der Waals surface area contributed by atoms with E-state index < -0.39 is 5.97 Å². The Hall–Kier alpha value is -2.98. The van der Waals surface area contributed by atoms with Crippen molar-refractivity contribution in [2.75, 3.05) is 0 Å². The molecule has 0 fully saturated rings. The first-order valence-corrected chi connectivity index (χ1v) is 8.15. The third kappa shape index (κ3) is 3.04. The molecule has 0 saturated carbocycles. The predicted octanol–water partition coefficient (Wildman–Crippen LogP) is 4.79. The number of esters is 1. The summed E-state index contributed by atoms with van der Waals surface area (Å²) in [5, 5.41) is 3.48. The van der Waals surface area contributed by atoms with Crippen LogP contribution in [0.25, 0.3) is 21.7 Å². The molecule has 25 heavy (non-hydrogen) atoms. The van der Waals surface area contributed by atoms with Gasteiger partial charge in [-0.05, 0) is 23.6 Å². The van der Waals surface area contributed by atoms with Crippen LogP contribution < -0.4 is 0 Å². The molecule has 0 aliphatic heterocycles. The van der Waals surface area contributed by atoms with Gasteiger partial charge in [0.15, 0.2) is 0 Å². The van der Waals surface area contributed by atoms with Crippen LogP contribution in [0.5, 0.6) is 0 Å². The van der Waals surface area contributed by atoms with Gasteiger partial charge in [-0.15, -0.1) is 0 Å². The zero-order chi connectivity index (χ0) is 17.2. The molecule has 0 N–H and O–H groups in total. The molecule has 0 aliphatic rings. The summed E-state index contributed by atoms with van der Waals surface area (Å²) in [6.07, 6.45) is 1.40. The molecule has 4 aromatic rings. The summed E-state index contributed by atoms with van der Waals surface area (Å²) >= 11 is 5.74. The summed E-state index contributed by atoms with van der Waals surface area (Å²) in [5.74, 6) is -0.455. The lowest BCUT2D eigenvalue weighted by Crippen LogP contribution is -2.07. The van der Waals surface area contributed by atoms with E-state index in [1.807, 2.05) is 48.5 Å². The Balaban J connectivity index is 1.68. The number of halogens is 1. The molecule has 5 heteroatoms. The minimum Gasteiger partial charge on any atom is -0.456 e. The first-order valence-electron chi connectivity index (χ1n) is 7.77. The van der Waals surface area contributed by atoms with Gasteiger partial charge >= 0.3 is 5.97 Å². The van der Waals surface area contributed by atoms with Gasteiger partial charge in [-0.1, -0.05) is 54.1 Å². The molecule has 2 aromatic heterocycles. The van der Waals surface area contributed by atoms with Gasteiger partial charge in [-0.2, -0.15) is 0 Å². The zero-order valence-corrected chi connectivity index (χ0v) is 13.9. The van der Waals surface area contributed by atoms with E-state index in [-0.39, 0.29) is 6.61 Å². The Labute approximate surface area is 149 Å². The van der Waals surface area contributed by atoms with Crippen LogP contribution in [-0.4, -0.2) is 15.9 Å². The molecular formula is C20H13ClN2O2. The van der Waals surface area contributed by atoms with Crippen molar-refractivity contribution in [1.29, 1.82) is 0 Å². The Morgan fingerprint density at radius 3 is 2.40 bits per heavy atom. The second kappa shape index (κ2) is 6.49. The predicted molar refractivity (Wildman–Crippen MR) is 97.6 cm³/mol. The van der Waals surface area contributed by atoms with Crippen molar-refractivity contribution in [1.82, 2.24) is 9.97 Å². The minimum absolute atomic E-state index is 0.0901. The van der Waals surface area contributed by atoms with Gasteiger partial charge in [-0.3, -0.25) is 0 Å².